The van der Waals surface area contributed by atoms with Crippen LogP contribution >= 0.6 is 0 Å². The van der Waals surface area contributed by atoms with E-state index in [2.05, 4.69) is 116 Å². The van der Waals surface area contributed by atoms with Gasteiger partial charge in [-0.25, -0.2) is 0 Å². The summed E-state index contributed by atoms with van der Waals surface area (Å²) < 4.78 is 68.1. The first kappa shape index (κ1) is 25.2. The summed E-state index contributed by atoms with van der Waals surface area (Å²) in [6.07, 6.45) is 0. The number of anilines is 3. The maximum atomic E-state index is 9.39. The SMILES string of the molecule is [2H]c1c([2H])c([2H])c2c([2H])c(-c3cc4c(oc5cccc(-c6ccc(N(c7ccccc7)c7ccc8c(c7)C(C)(C)c7ccccc7-8)cc6)c54)c4ccccc34)c([2H])c([2H])c2c1[2H]. The Balaban J connectivity index is 1.08. The number of hydrogen-bond donors (Lipinski definition) is 0. The normalized spacial score (nSPS) is 14.8. The lowest BCUT2D eigenvalue weighted by atomic mass is 9.82. The molecule has 1 aliphatic rings. The van der Waals surface area contributed by atoms with Crippen LogP contribution in [0.2, 0.25) is 0 Å². The molecule has 11 rings (SSSR count). The third-order valence-electron chi connectivity index (χ3n) is 11.3. The van der Waals surface area contributed by atoms with Crippen molar-refractivity contribution >= 4 is 60.5 Å². The molecule has 2 heteroatoms. The van der Waals surface area contributed by atoms with Crippen LogP contribution in [0.15, 0.2) is 192 Å². The third kappa shape index (κ3) is 4.88. The highest BCUT2D eigenvalue weighted by molar-refractivity contribution is 6.22. The highest BCUT2D eigenvalue weighted by atomic mass is 16.3. The van der Waals surface area contributed by atoms with Crippen molar-refractivity contribution < 1.29 is 14.0 Å². The predicted octanol–water partition coefficient (Wildman–Crippen LogP) is 15.0. The van der Waals surface area contributed by atoms with Gasteiger partial charge < -0.3 is 9.32 Å². The number of benzene rings is 9. The fourth-order valence-corrected chi connectivity index (χ4v) is 8.66. The van der Waals surface area contributed by atoms with Gasteiger partial charge in [0.1, 0.15) is 11.2 Å². The standard InChI is InChI=1S/C53H37NO/c1-53(2)48-21-11-10-18-43(48)44-30-29-40(32-49(44)53)54(38-15-4-3-5-16-38)39-27-25-35(26-28-39)41-20-12-22-50-51(41)47-33-46(42-17-8-9-19-45(42)52(47)55-50)37-24-23-34-13-6-7-14-36(34)31-37/h3-33H,1-2H3/i6D,7D,13D,14D,23D,24D,31D. The smallest absolute Gasteiger partial charge is 0.143 e. The molecule has 1 aromatic heterocycles. The zero-order valence-electron chi connectivity index (χ0n) is 37.2. The van der Waals surface area contributed by atoms with E-state index < -0.39 is 24.2 Å². The van der Waals surface area contributed by atoms with Crippen molar-refractivity contribution in [1.29, 1.82) is 0 Å². The number of furan rings is 1. The van der Waals surface area contributed by atoms with Crippen molar-refractivity contribution in [1.82, 2.24) is 0 Å². The van der Waals surface area contributed by atoms with Crippen molar-refractivity contribution in [2.24, 2.45) is 0 Å². The molecular formula is C53H37NO. The van der Waals surface area contributed by atoms with E-state index in [4.69, 9.17) is 11.3 Å². The van der Waals surface area contributed by atoms with E-state index in [-0.39, 0.29) is 39.9 Å². The molecular weight excluding hydrogens is 667 g/mol. The highest BCUT2D eigenvalue weighted by Gasteiger charge is 2.35. The molecule has 0 radical (unpaired) electrons. The third-order valence-corrected chi connectivity index (χ3v) is 11.3. The molecule has 2 nitrogen and oxygen atoms in total. The monoisotopic (exact) mass is 710 g/mol. The molecule has 0 saturated carbocycles. The Kier molecular flexibility index (Phi) is 5.52. The van der Waals surface area contributed by atoms with Gasteiger partial charge >= 0.3 is 0 Å². The lowest BCUT2D eigenvalue weighted by Crippen LogP contribution is -2.16. The first-order chi connectivity index (χ1) is 30.0. The molecule has 0 saturated heterocycles. The molecule has 9 aromatic carbocycles. The Morgan fingerprint density at radius 3 is 2.04 bits per heavy atom. The van der Waals surface area contributed by atoms with Crippen LogP contribution in [0, 0.1) is 0 Å². The van der Waals surface area contributed by atoms with Crippen LogP contribution in [0.25, 0.3) is 76.9 Å². The Morgan fingerprint density at radius 1 is 0.491 bits per heavy atom. The van der Waals surface area contributed by atoms with Crippen molar-refractivity contribution in [3.05, 3.63) is 199 Å². The summed E-state index contributed by atoms with van der Waals surface area (Å²) in [5.41, 5.74) is 12.0. The van der Waals surface area contributed by atoms with Gasteiger partial charge in [-0.15, -0.1) is 0 Å². The Labute approximate surface area is 330 Å². The molecule has 1 heterocycles. The first-order valence-corrected chi connectivity index (χ1v) is 18.5. The molecule has 0 N–H and O–H groups in total. The van der Waals surface area contributed by atoms with E-state index in [1.54, 1.807) is 0 Å². The van der Waals surface area contributed by atoms with E-state index in [9.17, 15) is 2.74 Å². The quantitative estimate of drug-likeness (QED) is 0.177. The number of hydrogen-bond acceptors (Lipinski definition) is 2. The summed E-state index contributed by atoms with van der Waals surface area (Å²) in [6, 6.07) is 47.2. The molecule has 1 aliphatic carbocycles. The average Bonchev–Trinajstić information content (AvgIpc) is 3.79. The van der Waals surface area contributed by atoms with Crippen molar-refractivity contribution in [2.45, 2.75) is 19.3 Å². The van der Waals surface area contributed by atoms with E-state index in [0.717, 1.165) is 44.3 Å². The number of fused-ring (bicyclic) bond motifs is 9. The van der Waals surface area contributed by atoms with Gasteiger partial charge in [-0.2, -0.15) is 0 Å². The number of para-hydroxylation sites is 1. The minimum absolute atomic E-state index is 0.0766. The Hall–Kier alpha value is -6.90. The molecule has 0 atom stereocenters. The topological polar surface area (TPSA) is 16.4 Å². The highest BCUT2D eigenvalue weighted by Crippen LogP contribution is 2.51. The van der Waals surface area contributed by atoms with Crippen LogP contribution in [0.4, 0.5) is 17.1 Å². The van der Waals surface area contributed by atoms with Gasteiger partial charge in [0.2, 0.25) is 0 Å². The van der Waals surface area contributed by atoms with Crippen molar-refractivity contribution in [3.63, 3.8) is 0 Å². The summed E-state index contributed by atoms with van der Waals surface area (Å²) in [5, 5.41) is 2.88. The lowest BCUT2D eigenvalue weighted by Gasteiger charge is -2.28. The summed E-state index contributed by atoms with van der Waals surface area (Å²) in [7, 11) is 0. The van der Waals surface area contributed by atoms with E-state index in [0.29, 0.717) is 22.1 Å². The van der Waals surface area contributed by atoms with Crippen LogP contribution < -0.4 is 4.90 Å². The molecule has 0 amide bonds. The van der Waals surface area contributed by atoms with Gasteiger partial charge in [0.15, 0.2) is 0 Å². The summed E-state index contributed by atoms with van der Waals surface area (Å²) >= 11 is 0. The van der Waals surface area contributed by atoms with Gasteiger partial charge in [-0.05, 0) is 115 Å². The fraction of sp³-hybridized carbons (Fsp3) is 0.0566. The summed E-state index contributed by atoms with van der Waals surface area (Å²) in [4.78, 5) is 2.29. The molecule has 0 unspecified atom stereocenters. The lowest BCUT2D eigenvalue weighted by molar-refractivity contribution is 0.660. The molecule has 260 valence electrons. The zero-order chi connectivity index (χ0) is 42.8. The van der Waals surface area contributed by atoms with Crippen molar-refractivity contribution in [2.75, 3.05) is 4.90 Å². The molecule has 10 aromatic rings. The first-order valence-electron chi connectivity index (χ1n) is 22.0. The predicted molar refractivity (Wildman–Crippen MR) is 232 cm³/mol. The summed E-state index contributed by atoms with van der Waals surface area (Å²) in [6.45, 7) is 4.59. The number of nitrogens with zero attached hydrogens (tertiary/aromatic N) is 1. The van der Waals surface area contributed by atoms with Crippen LogP contribution in [0.3, 0.4) is 0 Å². The largest absolute Gasteiger partial charge is 0.455 e. The number of rotatable bonds is 5. The molecule has 0 aliphatic heterocycles. The van der Waals surface area contributed by atoms with Crippen molar-refractivity contribution in [3.8, 4) is 33.4 Å². The van der Waals surface area contributed by atoms with Crippen LogP contribution in [-0.2, 0) is 5.41 Å². The maximum absolute atomic E-state index is 9.39. The molecule has 0 fully saturated rings. The van der Waals surface area contributed by atoms with Gasteiger partial charge in [-0.1, -0.05) is 147 Å². The Bertz CT molecular complexity index is 3520. The van der Waals surface area contributed by atoms with Crippen LogP contribution in [-0.4, -0.2) is 0 Å². The van der Waals surface area contributed by atoms with Gasteiger partial charge in [-0.3, -0.25) is 0 Å². The fourth-order valence-electron chi connectivity index (χ4n) is 8.66. The maximum Gasteiger partial charge on any atom is 0.143 e. The Morgan fingerprint density at radius 2 is 1.18 bits per heavy atom. The van der Waals surface area contributed by atoms with Gasteiger partial charge in [0.25, 0.3) is 0 Å². The second-order valence-electron chi connectivity index (χ2n) is 14.7. The van der Waals surface area contributed by atoms with E-state index >= 15 is 0 Å². The second kappa shape index (κ2) is 12.1. The van der Waals surface area contributed by atoms with E-state index in [1.807, 2.05) is 48.5 Å². The van der Waals surface area contributed by atoms with Gasteiger partial charge in [0.05, 0.1) is 9.60 Å². The zero-order valence-corrected chi connectivity index (χ0v) is 30.2. The second-order valence-corrected chi connectivity index (χ2v) is 14.7. The van der Waals surface area contributed by atoms with E-state index in [1.165, 1.54) is 22.3 Å². The molecule has 55 heavy (non-hydrogen) atoms. The van der Waals surface area contributed by atoms with Gasteiger partial charge in [0, 0.05) is 38.6 Å². The summed E-state index contributed by atoms with van der Waals surface area (Å²) in [5.74, 6) is 0. The average molecular weight is 711 g/mol. The van der Waals surface area contributed by atoms with Crippen LogP contribution in [0.1, 0.15) is 34.6 Å². The minimum Gasteiger partial charge on any atom is -0.455 e. The minimum atomic E-state index is -0.494. The van der Waals surface area contributed by atoms with Crippen LogP contribution in [0.5, 0.6) is 0 Å². The molecule has 0 spiro atoms. The molecule has 0 bridgehead atoms.